The van der Waals surface area contributed by atoms with Crippen LogP contribution < -0.4 is 5.32 Å². The van der Waals surface area contributed by atoms with Crippen molar-refractivity contribution in [3.8, 4) is 5.75 Å². The third kappa shape index (κ3) is 3.64. The first-order valence-corrected chi connectivity index (χ1v) is 7.27. The fourth-order valence-corrected chi connectivity index (χ4v) is 2.72. The van der Waals surface area contributed by atoms with Gasteiger partial charge in [0.05, 0.1) is 6.04 Å². The second-order valence-corrected chi connectivity index (χ2v) is 5.61. The predicted molar refractivity (Wildman–Crippen MR) is 83.9 cm³/mol. The van der Waals surface area contributed by atoms with E-state index in [0.29, 0.717) is 5.02 Å². The Bertz CT molecular complexity index is 557. The second-order valence-electron chi connectivity index (χ2n) is 4.32. The van der Waals surface area contributed by atoms with Crippen molar-refractivity contribution in [2.24, 2.45) is 0 Å². The van der Waals surface area contributed by atoms with Gasteiger partial charge in [-0.3, -0.25) is 0 Å². The Hall–Kier alpha value is -1.19. The van der Waals surface area contributed by atoms with Crippen LogP contribution in [-0.2, 0) is 0 Å². The zero-order chi connectivity index (χ0) is 13.8. The van der Waals surface area contributed by atoms with Gasteiger partial charge in [0.15, 0.2) is 0 Å². The molecule has 1 atom stereocenters. The maximum absolute atomic E-state index is 9.33. The number of benzene rings is 2. The minimum Gasteiger partial charge on any atom is -0.508 e. The lowest BCUT2D eigenvalue weighted by Crippen LogP contribution is -2.09. The van der Waals surface area contributed by atoms with E-state index in [0.717, 1.165) is 22.1 Å². The summed E-state index contributed by atoms with van der Waals surface area (Å²) in [6.07, 6.45) is 0.944. The topological polar surface area (TPSA) is 32.3 Å². The van der Waals surface area contributed by atoms with E-state index < -0.39 is 0 Å². The molecule has 0 bridgehead atoms. The molecule has 4 heteroatoms. The molecule has 2 aromatic carbocycles. The Morgan fingerprint density at radius 2 is 1.89 bits per heavy atom. The molecule has 0 saturated carbocycles. The first-order chi connectivity index (χ1) is 9.10. The average molecular weight is 341 g/mol. The number of hydrogen-bond acceptors (Lipinski definition) is 2. The molecule has 0 aliphatic rings. The van der Waals surface area contributed by atoms with Crippen molar-refractivity contribution < 1.29 is 5.11 Å². The van der Waals surface area contributed by atoms with Gasteiger partial charge in [0.25, 0.3) is 0 Å². The van der Waals surface area contributed by atoms with Gasteiger partial charge in [-0.2, -0.15) is 0 Å². The molecule has 2 rings (SSSR count). The number of aromatic hydroxyl groups is 1. The lowest BCUT2D eigenvalue weighted by molar-refractivity contribution is 0.475. The Kier molecular flexibility index (Phi) is 4.72. The average Bonchev–Trinajstić information content (AvgIpc) is 2.39. The van der Waals surface area contributed by atoms with Gasteiger partial charge in [0.2, 0.25) is 0 Å². The lowest BCUT2D eigenvalue weighted by atomic mass is 10.0. The molecule has 0 spiro atoms. The van der Waals surface area contributed by atoms with Gasteiger partial charge in [-0.05, 0) is 58.2 Å². The van der Waals surface area contributed by atoms with Crippen LogP contribution >= 0.6 is 27.5 Å². The fourth-order valence-electron chi connectivity index (χ4n) is 1.92. The number of phenols is 1. The largest absolute Gasteiger partial charge is 0.508 e. The summed E-state index contributed by atoms with van der Waals surface area (Å²) >= 11 is 9.44. The summed E-state index contributed by atoms with van der Waals surface area (Å²) in [6.45, 7) is 2.12. The van der Waals surface area contributed by atoms with E-state index in [9.17, 15) is 5.11 Å². The van der Waals surface area contributed by atoms with Crippen molar-refractivity contribution in [2.45, 2.75) is 19.4 Å². The SMILES string of the molecule is CCC(Nc1ccc(Cl)cc1Br)c1ccc(O)cc1. The van der Waals surface area contributed by atoms with Crippen molar-refractivity contribution in [3.63, 3.8) is 0 Å². The van der Waals surface area contributed by atoms with Gasteiger partial charge >= 0.3 is 0 Å². The molecule has 0 aliphatic heterocycles. The predicted octanol–water partition coefficient (Wildman–Crippen LogP) is 5.37. The summed E-state index contributed by atoms with van der Waals surface area (Å²) in [5.41, 5.74) is 2.14. The van der Waals surface area contributed by atoms with Crippen LogP contribution in [0.15, 0.2) is 46.9 Å². The highest BCUT2D eigenvalue weighted by Gasteiger charge is 2.11. The molecule has 19 heavy (non-hydrogen) atoms. The lowest BCUT2D eigenvalue weighted by Gasteiger charge is -2.20. The Morgan fingerprint density at radius 3 is 2.47 bits per heavy atom. The van der Waals surface area contributed by atoms with Crippen molar-refractivity contribution in [2.75, 3.05) is 5.32 Å². The zero-order valence-corrected chi connectivity index (χ0v) is 12.9. The number of phenolic OH excluding ortho intramolecular Hbond substituents is 1. The maximum atomic E-state index is 9.33. The van der Waals surface area contributed by atoms with Crippen LogP contribution in [0.4, 0.5) is 5.69 Å². The monoisotopic (exact) mass is 339 g/mol. The Labute approximate surface area is 126 Å². The van der Waals surface area contributed by atoms with Crippen LogP contribution in [0.2, 0.25) is 5.02 Å². The number of rotatable bonds is 4. The summed E-state index contributed by atoms with van der Waals surface area (Å²) < 4.78 is 0.942. The quantitative estimate of drug-likeness (QED) is 0.784. The highest BCUT2D eigenvalue weighted by Crippen LogP contribution is 2.30. The minimum atomic E-state index is 0.193. The Balaban J connectivity index is 2.21. The summed E-state index contributed by atoms with van der Waals surface area (Å²) in [5, 5.41) is 13.5. The third-order valence-electron chi connectivity index (χ3n) is 2.96. The molecule has 2 nitrogen and oxygen atoms in total. The van der Waals surface area contributed by atoms with Gasteiger partial charge in [-0.15, -0.1) is 0 Å². The van der Waals surface area contributed by atoms with Crippen molar-refractivity contribution in [3.05, 3.63) is 57.5 Å². The van der Waals surface area contributed by atoms with Gasteiger partial charge in [-0.1, -0.05) is 30.7 Å². The van der Waals surface area contributed by atoms with E-state index >= 15 is 0 Å². The minimum absolute atomic E-state index is 0.193. The van der Waals surface area contributed by atoms with Crippen LogP contribution in [0.25, 0.3) is 0 Å². The molecule has 0 heterocycles. The molecule has 0 aliphatic carbocycles. The first-order valence-electron chi connectivity index (χ1n) is 6.10. The smallest absolute Gasteiger partial charge is 0.115 e. The van der Waals surface area contributed by atoms with E-state index in [1.165, 1.54) is 0 Å². The molecule has 0 saturated heterocycles. The van der Waals surface area contributed by atoms with Crippen LogP contribution in [-0.4, -0.2) is 5.11 Å². The number of nitrogens with one attached hydrogen (secondary N) is 1. The molecule has 0 aromatic heterocycles. The van der Waals surface area contributed by atoms with Gasteiger partial charge in [0.1, 0.15) is 5.75 Å². The van der Waals surface area contributed by atoms with Crippen molar-refractivity contribution in [1.29, 1.82) is 0 Å². The molecule has 0 radical (unpaired) electrons. The molecule has 0 fully saturated rings. The first kappa shape index (κ1) is 14.2. The van der Waals surface area contributed by atoms with Crippen LogP contribution in [0.3, 0.4) is 0 Å². The van der Waals surface area contributed by atoms with Gasteiger partial charge in [-0.25, -0.2) is 0 Å². The van der Waals surface area contributed by atoms with Crippen molar-refractivity contribution in [1.82, 2.24) is 0 Å². The number of halogens is 2. The number of anilines is 1. The van der Waals surface area contributed by atoms with Gasteiger partial charge < -0.3 is 10.4 Å². The molecule has 2 aromatic rings. The highest BCUT2D eigenvalue weighted by atomic mass is 79.9. The highest BCUT2D eigenvalue weighted by molar-refractivity contribution is 9.10. The fraction of sp³-hybridized carbons (Fsp3) is 0.200. The van der Waals surface area contributed by atoms with Crippen molar-refractivity contribution >= 4 is 33.2 Å². The summed E-state index contributed by atoms with van der Waals surface area (Å²) in [4.78, 5) is 0. The second kappa shape index (κ2) is 6.31. The van der Waals surface area contributed by atoms with E-state index in [4.69, 9.17) is 11.6 Å². The summed E-state index contributed by atoms with van der Waals surface area (Å²) in [6, 6.07) is 13.1. The van der Waals surface area contributed by atoms with Crippen LogP contribution in [0.1, 0.15) is 24.9 Å². The van der Waals surface area contributed by atoms with Crippen LogP contribution in [0.5, 0.6) is 5.75 Å². The summed E-state index contributed by atoms with van der Waals surface area (Å²) in [5.74, 6) is 0.284. The Morgan fingerprint density at radius 1 is 1.21 bits per heavy atom. The molecular weight excluding hydrogens is 326 g/mol. The molecule has 1 unspecified atom stereocenters. The summed E-state index contributed by atoms with van der Waals surface area (Å²) in [7, 11) is 0. The third-order valence-corrected chi connectivity index (χ3v) is 3.86. The van der Waals surface area contributed by atoms with Crippen LogP contribution in [0, 0.1) is 0 Å². The van der Waals surface area contributed by atoms with E-state index in [2.05, 4.69) is 28.2 Å². The van der Waals surface area contributed by atoms with E-state index in [1.807, 2.05) is 30.3 Å². The molecule has 0 amide bonds. The van der Waals surface area contributed by atoms with Gasteiger partial charge in [0, 0.05) is 15.2 Å². The van der Waals surface area contributed by atoms with E-state index in [1.54, 1.807) is 12.1 Å². The zero-order valence-electron chi connectivity index (χ0n) is 10.5. The normalized spacial score (nSPS) is 12.2. The number of hydrogen-bond donors (Lipinski definition) is 2. The molecule has 100 valence electrons. The van der Waals surface area contributed by atoms with E-state index in [-0.39, 0.29) is 11.8 Å². The molecule has 2 N–H and O–H groups in total. The maximum Gasteiger partial charge on any atom is 0.115 e. The standard InChI is InChI=1S/C15H15BrClNO/c1-2-14(10-3-6-12(19)7-4-10)18-15-8-5-11(17)9-13(15)16/h3-9,14,18-19H,2H2,1H3. The molecular formula is C15H15BrClNO.